The lowest BCUT2D eigenvalue weighted by atomic mass is 10.00. The number of carbonyl (C=O) groups is 1. The molecule has 0 saturated heterocycles. The van der Waals surface area contributed by atoms with Crippen LogP contribution in [0.4, 0.5) is 13.2 Å². The summed E-state index contributed by atoms with van der Waals surface area (Å²) in [6.45, 7) is 0.831. The van der Waals surface area contributed by atoms with Gasteiger partial charge in [-0.2, -0.15) is 13.2 Å². The van der Waals surface area contributed by atoms with Crippen molar-refractivity contribution in [2.75, 3.05) is 7.11 Å². The first kappa shape index (κ1) is 13.3. The van der Waals surface area contributed by atoms with Crippen molar-refractivity contribution in [1.29, 1.82) is 0 Å². The standard InChI is InChI=1S/C10H16F3NO2/c1-9(8(15)16-2,10(11,12)13)14-7-5-3-4-6-7/h7,14H,3-6H2,1-2H3. The van der Waals surface area contributed by atoms with Crippen LogP contribution in [-0.2, 0) is 9.53 Å². The zero-order valence-electron chi connectivity index (χ0n) is 9.36. The summed E-state index contributed by atoms with van der Waals surface area (Å²) >= 11 is 0. The summed E-state index contributed by atoms with van der Waals surface area (Å²) in [5.74, 6) is -1.29. The summed E-state index contributed by atoms with van der Waals surface area (Å²) in [5.41, 5.74) is -2.60. The number of alkyl halides is 3. The fourth-order valence-corrected chi connectivity index (χ4v) is 1.94. The first-order valence-corrected chi connectivity index (χ1v) is 5.24. The molecule has 1 aliphatic carbocycles. The van der Waals surface area contributed by atoms with Crippen LogP contribution < -0.4 is 5.32 Å². The summed E-state index contributed by atoms with van der Waals surface area (Å²) < 4.78 is 42.7. The van der Waals surface area contributed by atoms with E-state index >= 15 is 0 Å². The third-order valence-electron chi connectivity index (χ3n) is 3.01. The van der Waals surface area contributed by atoms with Crippen LogP contribution in [0.2, 0.25) is 0 Å². The van der Waals surface area contributed by atoms with Crippen molar-refractivity contribution in [3.63, 3.8) is 0 Å². The van der Waals surface area contributed by atoms with Crippen LogP contribution in [0.25, 0.3) is 0 Å². The Morgan fingerprint density at radius 1 is 1.31 bits per heavy atom. The highest BCUT2D eigenvalue weighted by Crippen LogP contribution is 2.33. The van der Waals surface area contributed by atoms with E-state index in [0.29, 0.717) is 12.8 Å². The van der Waals surface area contributed by atoms with Gasteiger partial charge in [0.1, 0.15) is 0 Å². The molecule has 0 aromatic heterocycles. The van der Waals surface area contributed by atoms with Crippen LogP contribution in [0.15, 0.2) is 0 Å². The van der Waals surface area contributed by atoms with Crippen LogP contribution in [0.3, 0.4) is 0 Å². The molecule has 0 amide bonds. The van der Waals surface area contributed by atoms with E-state index in [0.717, 1.165) is 26.9 Å². The number of hydrogen-bond donors (Lipinski definition) is 1. The molecule has 0 spiro atoms. The molecule has 0 bridgehead atoms. The molecule has 1 saturated carbocycles. The lowest BCUT2D eigenvalue weighted by Gasteiger charge is -2.32. The van der Waals surface area contributed by atoms with Crippen molar-refractivity contribution in [2.24, 2.45) is 0 Å². The molecule has 0 radical (unpaired) electrons. The molecule has 0 aliphatic heterocycles. The van der Waals surface area contributed by atoms with Gasteiger partial charge < -0.3 is 4.74 Å². The van der Waals surface area contributed by atoms with Crippen LogP contribution in [0.5, 0.6) is 0 Å². The average molecular weight is 239 g/mol. The number of ether oxygens (including phenoxy) is 1. The van der Waals surface area contributed by atoms with E-state index in [-0.39, 0.29) is 6.04 Å². The Hall–Kier alpha value is -0.780. The quantitative estimate of drug-likeness (QED) is 0.766. The second-order valence-corrected chi connectivity index (χ2v) is 4.24. The van der Waals surface area contributed by atoms with Gasteiger partial charge in [0, 0.05) is 6.04 Å². The molecule has 6 heteroatoms. The Kier molecular flexibility index (Phi) is 3.83. The molecular formula is C10H16F3NO2. The van der Waals surface area contributed by atoms with E-state index in [1.807, 2.05) is 0 Å². The maximum atomic E-state index is 12.8. The molecule has 94 valence electrons. The zero-order valence-corrected chi connectivity index (χ0v) is 9.36. The minimum absolute atomic E-state index is 0.259. The molecule has 1 aliphatic rings. The smallest absolute Gasteiger partial charge is 0.417 e. The third kappa shape index (κ3) is 2.48. The number of methoxy groups -OCH3 is 1. The summed E-state index contributed by atoms with van der Waals surface area (Å²) in [6, 6.07) is -0.259. The fraction of sp³-hybridized carbons (Fsp3) is 0.900. The molecule has 1 unspecified atom stereocenters. The number of esters is 1. The van der Waals surface area contributed by atoms with E-state index in [4.69, 9.17) is 0 Å². The topological polar surface area (TPSA) is 38.3 Å². The van der Waals surface area contributed by atoms with Gasteiger partial charge in [-0.3, -0.25) is 5.32 Å². The van der Waals surface area contributed by atoms with Crippen LogP contribution in [0, 0.1) is 0 Å². The maximum absolute atomic E-state index is 12.8. The average Bonchev–Trinajstić information content (AvgIpc) is 2.67. The Balaban J connectivity index is 2.82. The third-order valence-corrected chi connectivity index (χ3v) is 3.01. The normalized spacial score (nSPS) is 21.8. The van der Waals surface area contributed by atoms with Gasteiger partial charge in [0.15, 0.2) is 0 Å². The SMILES string of the molecule is COC(=O)C(C)(NC1CCCC1)C(F)(F)F. The molecule has 16 heavy (non-hydrogen) atoms. The number of rotatable bonds is 3. The van der Waals surface area contributed by atoms with Gasteiger partial charge in [0.25, 0.3) is 0 Å². The van der Waals surface area contributed by atoms with Gasteiger partial charge in [-0.15, -0.1) is 0 Å². The van der Waals surface area contributed by atoms with Gasteiger partial charge >= 0.3 is 12.1 Å². The summed E-state index contributed by atoms with van der Waals surface area (Å²) in [5, 5.41) is 2.38. The molecule has 0 aromatic rings. The Bertz CT molecular complexity index is 261. The monoisotopic (exact) mass is 239 g/mol. The molecule has 1 fully saturated rings. The molecular weight excluding hydrogens is 223 g/mol. The van der Waals surface area contributed by atoms with Crippen LogP contribution >= 0.6 is 0 Å². The predicted octanol–water partition coefficient (Wildman–Crippen LogP) is 2.01. The fourth-order valence-electron chi connectivity index (χ4n) is 1.94. The minimum atomic E-state index is -4.65. The van der Waals surface area contributed by atoms with Gasteiger partial charge in [-0.25, -0.2) is 4.79 Å². The van der Waals surface area contributed by atoms with E-state index in [9.17, 15) is 18.0 Å². The lowest BCUT2D eigenvalue weighted by molar-refractivity contribution is -0.209. The van der Waals surface area contributed by atoms with Gasteiger partial charge in [-0.05, 0) is 19.8 Å². The Morgan fingerprint density at radius 3 is 2.19 bits per heavy atom. The maximum Gasteiger partial charge on any atom is 0.417 e. The minimum Gasteiger partial charge on any atom is -0.467 e. The molecule has 0 heterocycles. The summed E-state index contributed by atoms with van der Waals surface area (Å²) in [6.07, 6.45) is -1.52. The van der Waals surface area contributed by atoms with Crippen molar-refractivity contribution < 1.29 is 22.7 Å². The van der Waals surface area contributed by atoms with Crippen molar-refractivity contribution in [3.8, 4) is 0 Å². The highest BCUT2D eigenvalue weighted by atomic mass is 19.4. The first-order chi connectivity index (χ1) is 7.31. The van der Waals surface area contributed by atoms with Gasteiger partial charge in [0.2, 0.25) is 5.54 Å². The van der Waals surface area contributed by atoms with Gasteiger partial charge in [0.05, 0.1) is 7.11 Å². The summed E-state index contributed by atoms with van der Waals surface area (Å²) in [4.78, 5) is 11.3. The number of halogens is 3. The van der Waals surface area contributed by atoms with Crippen molar-refractivity contribution >= 4 is 5.97 Å². The van der Waals surface area contributed by atoms with Crippen LogP contribution in [0.1, 0.15) is 32.6 Å². The Morgan fingerprint density at radius 2 is 1.81 bits per heavy atom. The second kappa shape index (κ2) is 4.61. The van der Waals surface area contributed by atoms with E-state index in [2.05, 4.69) is 10.1 Å². The highest BCUT2D eigenvalue weighted by molar-refractivity contribution is 5.81. The molecule has 3 nitrogen and oxygen atoms in total. The first-order valence-electron chi connectivity index (χ1n) is 5.24. The lowest BCUT2D eigenvalue weighted by Crippen LogP contribution is -2.62. The second-order valence-electron chi connectivity index (χ2n) is 4.24. The van der Waals surface area contributed by atoms with Crippen molar-refractivity contribution in [1.82, 2.24) is 5.32 Å². The highest BCUT2D eigenvalue weighted by Gasteiger charge is 2.58. The number of hydrogen-bond acceptors (Lipinski definition) is 3. The van der Waals surface area contributed by atoms with E-state index in [1.54, 1.807) is 0 Å². The molecule has 0 aromatic carbocycles. The van der Waals surface area contributed by atoms with E-state index in [1.165, 1.54) is 0 Å². The largest absolute Gasteiger partial charge is 0.467 e. The summed E-state index contributed by atoms with van der Waals surface area (Å²) in [7, 11) is 0.961. The zero-order chi connectivity index (χ0) is 12.4. The predicted molar refractivity (Wildman–Crippen MR) is 51.9 cm³/mol. The molecule has 1 atom stereocenters. The Labute approximate surface area is 92.3 Å². The molecule has 1 rings (SSSR count). The van der Waals surface area contributed by atoms with Crippen molar-refractivity contribution in [2.45, 2.75) is 50.4 Å². The molecule has 1 N–H and O–H groups in total. The van der Waals surface area contributed by atoms with Crippen molar-refractivity contribution in [3.05, 3.63) is 0 Å². The number of carbonyl (C=O) groups excluding carboxylic acids is 1. The van der Waals surface area contributed by atoms with Gasteiger partial charge in [-0.1, -0.05) is 12.8 Å². The van der Waals surface area contributed by atoms with E-state index < -0.39 is 17.7 Å². The number of nitrogens with one attached hydrogen (secondary N) is 1. The van der Waals surface area contributed by atoms with Crippen LogP contribution in [-0.4, -0.2) is 30.8 Å².